The molecule has 10 heteroatoms. The Balaban J connectivity index is 1.93. The molecule has 148 valence electrons. The quantitative estimate of drug-likeness (QED) is 0.563. The first-order valence-electron chi connectivity index (χ1n) is 8.81. The van der Waals surface area contributed by atoms with E-state index in [0.717, 1.165) is 5.56 Å². The summed E-state index contributed by atoms with van der Waals surface area (Å²) in [6.45, 7) is 2.32. The van der Waals surface area contributed by atoms with E-state index in [4.69, 9.17) is 10.5 Å². The lowest BCUT2D eigenvalue weighted by Gasteiger charge is -2.22. The Hall–Kier alpha value is -3.16. The maximum atomic E-state index is 13.9. The zero-order valence-electron chi connectivity index (χ0n) is 16.0. The third-order valence-corrected chi connectivity index (χ3v) is 5.51. The Morgan fingerprint density at radius 2 is 2.17 bits per heavy atom. The summed E-state index contributed by atoms with van der Waals surface area (Å²) in [5, 5.41) is 14.7. The monoisotopic (exact) mass is 411 g/mol. The molecule has 0 saturated carbocycles. The van der Waals surface area contributed by atoms with Crippen LogP contribution in [-0.4, -0.2) is 31.1 Å². The van der Waals surface area contributed by atoms with Gasteiger partial charge in [-0.15, -0.1) is 0 Å². The number of halogens is 1. The van der Waals surface area contributed by atoms with Crippen LogP contribution in [-0.2, 0) is 13.6 Å². The van der Waals surface area contributed by atoms with E-state index in [1.807, 2.05) is 11.4 Å². The Bertz CT molecular complexity index is 1140. The highest BCUT2D eigenvalue weighted by atomic mass is 32.2. The highest BCUT2D eigenvalue weighted by Gasteiger charge is 2.25. The summed E-state index contributed by atoms with van der Waals surface area (Å²) in [5.74, 6) is -0.104. The van der Waals surface area contributed by atoms with Gasteiger partial charge in [0.05, 0.1) is 17.5 Å². The van der Waals surface area contributed by atoms with Crippen LogP contribution in [0.3, 0.4) is 0 Å². The van der Waals surface area contributed by atoms with Crippen molar-refractivity contribution in [1.82, 2.24) is 24.1 Å². The number of hydrogen-bond donors (Lipinski definition) is 1. The molecule has 1 unspecified atom stereocenters. The van der Waals surface area contributed by atoms with Crippen LogP contribution in [0.15, 0.2) is 29.4 Å². The van der Waals surface area contributed by atoms with Crippen LogP contribution in [0.2, 0.25) is 0 Å². The van der Waals surface area contributed by atoms with Crippen LogP contribution in [0.5, 0.6) is 5.88 Å². The fourth-order valence-electron chi connectivity index (χ4n) is 3.25. The van der Waals surface area contributed by atoms with Crippen LogP contribution in [0.25, 0.3) is 11.3 Å². The van der Waals surface area contributed by atoms with Gasteiger partial charge in [-0.1, -0.05) is 6.07 Å². The third-order valence-electron chi connectivity index (χ3n) is 4.61. The van der Waals surface area contributed by atoms with Gasteiger partial charge in [0, 0.05) is 13.6 Å². The Morgan fingerprint density at radius 1 is 1.38 bits per heavy atom. The van der Waals surface area contributed by atoms with Crippen LogP contribution < -0.4 is 10.5 Å². The van der Waals surface area contributed by atoms with Crippen molar-refractivity contribution in [3.63, 3.8) is 0 Å². The summed E-state index contributed by atoms with van der Waals surface area (Å²) in [6, 6.07) is 6.78. The van der Waals surface area contributed by atoms with Crippen molar-refractivity contribution in [3.05, 3.63) is 47.0 Å². The molecule has 0 fully saturated rings. The van der Waals surface area contributed by atoms with Crippen LogP contribution in [0.1, 0.15) is 29.8 Å². The number of hydrogen-bond acceptors (Lipinski definition) is 8. The van der Waals surface area contributed by atoms with Crippen molar-refractivity contribution in [2.45, 2.75) is 24.6 Å². The normalized spacial score (nSPS) is 16.6. The molecule has 8 nitrogen and oxygen atoms in total. The number of aromatic nitrogens is 4. The largest absolute Gasteiger partial charge is 0.467 e. The molecule has 3 aromatic rings. The van der Waals surface area contributed by atoms with E-state index >= 15 is 0 Å². The van der Waals surface area contributed by atoms with E-state index in [1.54, 1.807) is 20.0 Å². The minimum atomic E-state index is -0.505. The standard InChI is InChI=1S/C19H18FN7OS/c1-10-13-6-12(20)5-4-11(13)9-26(2)29-19-16(15(7-21)27(3)25-19)14-8-23-17(22)18(24-14)28-10/h4-6,8,10H,9H2,1-3H3,(H2,22,23). The maximum absolute atomic E-state index is 13.9. The zero-order chi connectivity index (χ0) is 20.7. The van der Waals surface area contributed by atoms with E-state index in [1.165, 1.54) is 35.0 Å². The van der Waals surface area contributed by atoms with Gasteiger partial charge in [-0.25, -0.2) is 18.7 Å². The smallest absolute Gasteiger partial charge is 0.258 e. The fourth-order valence-corrected chi connectivity index (χ4v) is 4.20. The van der Waals surface area contributed by atoms with Crippen molar-refractivity contribution in [2.24, 2.45) is 7.05 Å². The number of nitrogens with zero attached hydrogens (tertiary/aromatic N) is 6. The Kier molecular flexibility index (Phi) is 4.86. The third kappa shape index (κ3) is 3.50. The van der Waals surface area contributed by atoms with Crippen molar-refractivity contribution in [2.75, 3.05) is 12.8 Å². The lowest BCUT2D eigenvalue weighted by atomic mass is 10.0. The summed E-state index contributed by atoms with van der Waals surface area (Å²) in [7, 11) is 3.60. The average Bonchev–Trinajstić information content (AvgIpc) is 2.98. The fraction of sp³-hybridized carbons (Fsp3) is 0.263. The number of benzene rings is 1. The summed E-state index contributed by atoms with van der Waals surface area (Å²) < 4.78 is 23.4. The summed E-state index contributed by atoms with van der Waals surface area (Å²) in [5.41, 5.74) is 8.93. The molecular weight excluding hydrogens is 393 g/mol. The van der Waals surface area contributed by atoms with E-state index in [2.05, 4.69) is 21.1 Å². The maximum Gasteiger partial charge on any atom is 0.258 e. The first-order valence-corrected chi connectivity index (χ1v) is 9.58. The second kappa shape index (κ2) is 7.35. The molecule has 0 aliphatic carbocycles. The predicted molar refractivity (Wildman–Crippen MR) is 106 cm³/mol. The Labute approximate surface area is 171 Å². The number of ether oxygens (including phenoxy) is 1. The summed E-state index contributed by atoms with van der Waals surface area (Å²) >= 11 is 1.38. The van der Waals surface area contributed by atoms with E-state index < -0.39 is 6.10 Å². The second-order valence-electron chi connectivity index (χ2n) is 6.69. The van der Waals surface area contributed by atoms with Crippen LogP contribution in [0.4, 0.5) is 10.2 Å². The van der Waals surface area contributed by atoms with Crippen LogP contribution in [0, 0.1) is 17.1 Å². The molecule has 2 aromatic heterocycles. The summed E-state index contributed by atoms with van der Waals surface area (Å²) in [4.78, 5) is 8.69. The Morgan fingerprint density at radius 3 is 2.93 bits per heavy atom. The van der Waals surface area contributed by atoms with Crippen molar-refractivity contribution in [1.29, 1.82) is 5.26 Å². The van der Waals surface area contributed by atoms with Gasteiger partial charge in [-0.05, 0) is 49.2 Å². The lowest BCUT2D eigenvalue weighted by Crippen LogP contribution is -2.15. The van der Waals surface area contributed by atoms with Gasteiger partial charge in [0.25, 0.3) is 5.88 Å². The van der Waals surface area contributed by atoms with E-state index in [-0.39, 0.29) is 17.5 Å². The van der Waals surface area contributed by atoms with Gasteiger partial charge >= 0.3 is 0 Å². The van der Waals surface area contributed by atoms with Crippen molar-refractivity contribution < 1.29 is 9.13 Å². The summed E-state index contributed by atoms with van der Waals surface area (Å²) in [6.07, 6.45) is 0.989. The molecule has 1 atom stereocenters. The molecule has 0 radical (unpaired) electrons. The lowest BCUT2D eigenvalue weighted by molar-refractivity contribution is 0.216. The zero-order valence-corrected chi connectivity index (χ0v) is 16.9. The predicted octanol–water partition coefficient (Wildman–Crippen LogP) is 3.06. The van der Waals surface area contributed by atoms with E-state index in [0.29, 0.717) is 34.1 Å². The molecule has 3 heterocycles. The number of nitriles is 1. The number of aryl methyl sites for hydroxylation is 1. The molecule has 29 heavy (non-hydrogen) atoms. The number of rotatable bonds is 0. The highest BCUT2D eigenvalue weighted by Crippen LogP contribution is 2.37. The van der Waals surface area contributed by atoms with Crippen molar-refractivity contribution in [3.8, 4) is 23.2 Å². The van der Waals surface area contributed by atoms with Crippen LogP contribution >= 0.6 is 11.9 Å². The first kappa shape index (κ1) is 19.2. The van der Waals surface area contributed by atoms with Gasteiger partial charge in [-0.3, -0.25) is 4.68 Å². The van der Waals surface area contributed by atoms with Crippen molar-refractivity contribution >= 4 is 17.8 Å². The van der Waals surface area contributed by atoms with Gasteiger partial charge in [0.2, 0.25) is 0 Å². The molecule has 0 amide bonds. The van der Waals surface area contributed by atoms with Gasteiger partial charge in [0.15, 0.2) is 5.82 Å². The van der Waals surface area contributed by atoms with Gasteiger partial charge < -0.3 is 10.5 Å². The number of anilines is 1. The topological polar surface area (TPSA) is 106 Å². The molecule has 2 N–H and O–H groups in total. The van der Waals surface area contributed by atoms with Gasteiger partial charge in [0.1, 0.15) is 28.7 Å². The molecule has 1 aliphatic rings. The SMILES string of the molecule is CC1Oc2nc(cnc2N)-c2c(nn(C)c2C#N)SN(C)Cc2ccc(F)cc21. The average molecular weight is 411 g/mol. The highest BCUT2D eigenvalue weighted by molar-refractivity contribution is 7.97. The molecule has 2 bridgehead atoms. The minimum Gasteiger partial charge on any atom is -0.467 e. The second-order valence-corrected chi connectivity index (χ2v) is 7.88. The molecule has 0 spiro atoms. The molecule has 4 rings (SSSR count). The molecule has 1 aliphatic heterocycles. The number of nitrogens with two attached hydrogens (primary N) is 1. The molecule has 0 saturated heterocycles. The number of fused-ring (bicyclic) bond motifs is 5. The molecular formula is C19H18FN7OS. The van der Waals surface area contributed by atoms with E-state index in [9.17, 15) is 9.65 Å². The van der Waals surface area contributed by atoms with Gasteiger partial charge in [-0.2, -0.15) is 10.4 Å². The minimum absolute atomic E-state index is 0.115. The molecule has 1 aromatic carbocycles. The number of nitrogen functional groups attached to an aromatic ring is 1. The first-order chi connectivity index (χ1) is 13.9.